The van der Waals surface area contributed by atoms with Gasteiger partial charge in [0.15, 0.2) is 0 Å². The van der Waals surface area contributed by atoms with Crippen molar-refractivity contribution in [2.24, 2.45) is 5.92 Å². The first-order valence-corrected chi connectivity index (χ1v) is 10.6. The molecule has 1 heterocycles. The van der Waals surface area contributed by atoms with E-state index < -0.39 is 0 Å². The van der Waals surface area contributed by atoms with Crippen LogP contribution in [0.25, 0.3) is 0 Å². The van der Waals surface area contributed by atoms with E-state index in [0.717, 1.165) is 35.5 Å². The van der Waals surface area contributed by atoms with E-state index >= 15 is 0 Å². The zero-order chi connectivity index (χ0) is 20.6. The molecule has 4 nitrogen and oxygen atoms in total. The van der Waals surface area contributed by atoms with Crippen LogP contribution in [0.4, 0.5) is 0 Å². The summed E-state index contributed by atoms with van der Waals surface area (Å²) in [6.45, 7) is 6.94. The molecule has 1 N–H and O–H groups in total. The molecule has 0 saturated heterocycles. The van der Waals surface area contributed by atoms with Crippen LogP contribution in [0.1, 0.15) is 69.4 Å². The van der Waals surface area contributed by atoms with Gasteiger partial charge in [-0.05, 0) is 62.4 Å². The van der Waals surface area contributed by atoms with E-state index in [1.165, 1.54) is 0 Å². The fraction of sp³-hybridized carbons (Fsp3) is 0.480. The average Bonchev–Trinajstić information content (AvgIpc) is 2.67. The molecule has 1 aliphatic heterocycles. The molecule has 1 fully saturated rings. The third-order valence-corrected chi connectivity index (χ3v) is 6.58. The number of phenols is 1. The normalized spacial score (nSPS) is 23.5. The predicted octanol–water partition coefficient (Wildman–Crippen LogP) is 5.59. The van der Waals surface area contributed by atoms with Gasteiger partial charge in [0.2, 0.25) is 0 Å². The SMILES string of the molecule is CC(CCOc1ccccc1)c1cc(O)c2c(c1)OC(C)(C)C1CCC(=O)CC21. The Bertz CT molecular complexity index is 887. The van der Waals surface area contributed by atoms with E-state index in [4.69, 9.17) is 9.47 Å². The molecule has 3 atom stereocenters. The van der Waals surface area contributed by atoms with Crippen LogP contribution in [0.15, 0.2) is 42.5 Å². The van der Waals surface area contributed by atoms with Crippen molar-refractivity contribution in [2.45, 2.75) is 63.9 Å². The van der Waals surface area contributed by atoms with Crippen molar-refractivity contribution in [1.82, 2.24) is 0 Å². The summed E-state index contributed by atoms with van der Waals surface area (Å²) in [5.41, 5.74) is 1.51. The quantitative estimate of drug-likeness (QED) is 0.718. The fourth-order valence-electron chi connectivity index (χ4n) is 4.91. The number of carbonyl (C=O) groups excluding carboxylic acids is 1. The number of hydrogen-bond acceptors (Lipinski definition) is 4. The summed E-state index contributed by atoms with van der Waals surface area (Å²) in [6.07, 6.45) is 2.77. The van der Waals surface area contributed by atoms with Gasteiger partial charge in [0.05, 0.1) is 6.61 Å². The highest BCUT2D eigenvalue weighted by molar-refractivity contribution is 5.81. The molecule has 154 valence electrons. The van der Waals surface area contributed by atoms with E-state index in [-0.39, 0.29) is 34.9 Å². The summed E-state index contributed by atoms with van der Waals surface area (Å²) >= 11 is 0. The molecule has 0 bridgehead atoms. The minimum Gasteiger partial charge on any atom is -0.508 e. The summed E-state index contributed by atoms with van der Waals surface area (Å²) in [5, 5.41) is 10.9. The van der Waals surface area contributed by atoms with E-state index in [9.17, 15) is 9.90 Å². The molecule has 29 heavy (non-hydrogen) atoms. The zero-order valence-corrected chi connectivity index (χ0v) is 17.5. The third kappa shape index (κ3) is 3.98. The molecule has 4 heteroatoms. The minimum atomic E-state index is -0.344. The van der Waals surface area contributed by atoms with E-state index in [1.54, 1.807) is 0 Å². The molecule has 2 aliphatic rings. The molecule has 0 amide bonds. The Morgan fingerprint density at radius 2 is 2.00 bits per heavy atom. The number of hydrogen-bond donors (Lipinski definition) is 1. The molecule has 0 radical (unpaired) electrons. The largest absolute Gasteiger partial charge is 0.508 e. The molecule has 0 spiro atoms. The predicted molar refractivity (Wildman–Crippen MR) is 113 cm³/mol. The summed E-state index contributed by atoms with van der Waals surface area (Å²) in [4.78, 5) is 12.1. The lowest BCUT2D eigenvalue weighted by atomic mass is 9.66. The van der Waals surface area contributed by atoms with Gasteiger partial charge in [-0.2, -0.15) is 0 Å². The first-order valence-electron chi connectivity index (χ1n) is 10.6. The number of benzene rings is 2. The lowest BCUT2D eigenvalue weighted by molar-refractivity contribution is -0.124. The van der Waals surface area contributed by atoms with Crippen molar-refractivity contribution in [3.63, 3.8) is 0 Å². The van der Waals surface area contributed by atoms with Crippen LogP contribution in [-0.4, -0.2) is 23.1 Å². The first-order chi connectivity index (χ1) is 13.8. The summed E-state index contributed by atoms with van der Waals surface area (Å²) in [7, 11) is 0. The van der Waals surface area contributed by atoms with E-state index in [2.05, 4.69) is 26.8 Å². The monoisotopic (exact) mass is 394 g/mol. The molecule has 0 aromatic heterocycles. The van der Waals surface area contributed by atoms with Crippen LogP contribution < -0.4 is 9.47 Å². The van der Waals surface area contributed by atoms with Crippen molar-refractivity contribution in [3.8, 4) is 17.2 Å². The highest BCUT2D eigenvalue weighted by Gasteiger charge is 2.47. The van der Waals surface area contributed by atoms with Crippen LogP contribution in [0.2, 0.25) is 0 Å². The molecular formula is C25H30O4. The number of Topliss-reactive ketones (excluding diaryl/α,β-unsaturated/α-hetero) is 1. The van der Waals surface area contributed by atoms with Crippen molar-refractivity contribution in [3.05, 3.63) is 53.6 Å². The highest BCUT2D eigenvalue weighted by Crippen LogP contribution is 2.54. The minimum absolute atomic E-state index is 0.0424. The van der Waals surface area contributed by atoms with Crippen LogP contribution in [0, 0.1) is 5.92 Å². The molecule has 1 saturated carbocycles. The third-order valence-electron chi connectivity index (χ3n) is 6.58. The highest BCUT2D eigenvalue weighted by atomic mass is 16.5. The van der Waals surface area contributed by atoms with Gasteiger partial charge < -0.3 is 14.6 Å². The second-order valence-electron chi connectivity index (χ2n) is 9.00. The Morgan fingerprint density at radius 1 is 1.24 bits per heavy atom. The molecule has 2 aromatic carbocycles. The number of phenolic OH excluding ortho intramolecular Hbond substituents is 1. The maximum atomic E-state index is 12.1. The van der Waals surface area contributed by atoms with Gasteiger partial charge in [-0.1, -0.05) is 25.1 Å². The Morgan fingerprint density at radius 3 is 2.76 bits per heavy atom. The smallest absolute Gasteiger partial charge is 0.133 e. The number of rotatable bonds is 5. The van der Waals surface area contributed by atoms with Gasteiger partial charge in [-0.25, -0.2) is 0 Å². The summed E-state index contributed by atoms with van der Waals surface area (Å²) in [6, 6.07) is 13.7. The van der Waals surface area contributed by atoms with E-state index in [0.29, 0.717) is 19.4 Å². The van der Waals surface area contributed by atoms with Crippen LogP contribution in [0.3, 0.4) is 0 Å². The maximum absolute atomic E-state index is 12.1. The van der Waals surface area contributed by atoms with Crippen molar-refractivity contribution >= 4 is 5.78 Å². The Hall–Kier alpha value is -2.49. The number of aromatic hydroxyl groups is 1. The van der Waals surface area contributed by atoms with Crippen LogP contribution >= 0.6 is 0 Å². The average molecular weight is 395 g/mol. The van der Waals surface area contributed by atoms with Gasteiger partial charge in [-0.3, -0.25) is 4.79 Å². The molecular weight excluding hydrogens is 364 g/mol. The zero-order valence-electron chi connectivity index (χ0n) is 17.5. The summed E-state index contributed by atoms with van der Waals surface area (Å²) in [5.74, 6) is 2.65. The Kier molecular flexibility index (Phi) is 5.28. The topological polar surface area (TPSA) is 55.8 Å². The van der Waals surface area contributed by atoms with Crippen molar-refractivity contribution in [2.75, 3.05) is 6.61 Å². The van der Waals surface area contributed by atoms with Crippen LogP contribution in [-0.2, 0) is 4.79 Å². The number of ketones is 1. The number of carbonyl (C=O) groups is 1. The summed E-state index contributed by atoms with van der Waals surface area (Å²) < 4.78 is 12.2. The second kappa shape index (κ2) is 7.74. The maximum Gasteiger partial charge on any atom is 0.133 e. The van der Waals surface area contributed by atoms with Gasteiger partial charge in [0.1, 0.15) is 28.6 Å². The van der Waals surface area contributed by atoms with Crippen molar-refractivity contribution < 1.29 is 19.4 Å². The number of para-hydroxylation sites is 1. The van der Waals surface area contributed by atoms with Gasteiger partial charge in [0, 0.05) is 30.2 Å². The van der Waals surface area contributed by atoms with Crippen LogP contribution in [0.5, 0.6) is 17.2 Å². The Labute approximate surface area is 172 Å². The lowest BCUT2D eigenvalue weighted by Gasteiger charge is -2.47. The van der Waals surface area contributed by atoms with Gasteiger partial charge in [0.25, 0.3) is 0 Å². The molecule has 2 aromatic rings. The molecule has 4 rings (SSSR count). The van der Waals surface area contributed by atoms with Gasteiger partial charge >= 0.3 is 0 Å². The standard InChI is InChI=1S/C25H30O4/c1-16(11-12-28-19-7-5-4-6-8-19)17-13-22(27)24-20-15-18(26)9-10-21(20)25(2,3)29-23(24)14-17/h4-8,13-14,16,20-21,27H,9-12,15H2,1-3H3. The molecule has 1 aliphatic carbocycles. The number of fused-ring (bicyclic) bond motifs is 3. The lowest BCUT2D eigenvalue weighted by Crippen LogP contribution is -2.47. The van der Waals surface area contributed by atoms with E-state index in [1.807, 2.05) is 36.4 Å². The first kappa shape index (κ1) is 19.8. The fourth-order valence-corrected chi connectivity index (χ4v) is 4.91. The second-order valence-corrected chi connectivity index (χ2v) is 9.00. The Balaban J connectivity index is 1.53. The number of ether oxygens (including phenoxy) is 2. The van der Waals surface area contributed by atoms with Crippen molar-refractivity contribution in [1.29, 1.82) is 0 Å². The van der Waals surface area contributed by atoms with Gasteiger partial charge in [-0.15, -0.1) is 0 Å². The molecule has 3 unspecified atom stereocenters.